The highest BCUT2D eigenvalue weighted by Crippen LogP contribution is 2.42. The number of thioether (sulfide) groups is 1. The van der Waals surface area contributed by atoms with Crippen molar-refractivity contribution in [2.75, 3.05) is 32.5 Å². The summed E-state index contributed by atoms with van der Waals surface area (Å²) in [5.74, 6) is 1.23. The van der Waals surface area contributed by atoms with E-state index in [1.807, 2.05) is 0 Å². The molecule has 94 valence electrons. The normalized spacial score (nSPS) is 39.4. The molecule has 2 N–H and O–H groups in total. The number of nitrogens with zero attached hydrogens (tertiary/aromatic N) is 1. The number of hydrogen-bond acceptors (Lipinski definition) is 4. The molecule has 0 atom stereocenters. The maximum Gasteiger partial charge on any atom is 0.0607 e. The Morgan fingerprint density at radius 3 is 2.62 bits per heavy atom. The fraction of sp³-hybridized carbons (Fsp3) is 1.00. The maximum atomic E-state index is 6.00. The zero-order valence-corrected chi connectivity index (χ0v) is 11.5. The summed E-state index contributed by atoms with van der Waals surface area (Å²) >= 11 is 2.08. The quantitative estimate of drug-likeness (QED) is 0.812. The average molecular weight is 244 g/mol. The van der Waals surface area contributed by atoms with E-state index < -0.39 is 0 Å². The zero-order valence-electron chi connectivity index (χ0n) is 10.7. The van der Waals surface area contributed by atoms with Gasteiger partial charge >= 0.3 is 0 Å². The lowest BCUT2D eigenvalue weighted by Gasteiger charge is -2.56. The molecular formula is C12H24N2OS. The third-order valence-corrected chi connectivity index (χ3v) is 5.32. The molecule has 0 aromatic rings. The van der Waals surface area contributed by atoms with Gasteiger partial charge in [0, 0.05) is 42.8 Å². The van der Waals surface area contributed by atoms with E-state index in [0.29, 0.717) is 10.9 Å². The molecule has 2 rings (SSSR count). The smallest absolute Gasteiger partial charge is 0.0607 e. The van der Waals surface area contributed by atoms with Gasteiger partial charge in [-0.1, -0.05) is 0 Å². The van der Waals surface area contributed by atoms with Gasteiger partial charge in [-0.15, -0.1) is 0 Å². The topological polar surface area (TPSA) is 38.5 Å². The van der Waals surface area contributed by atoms with E-state index in [9.17, 15) is 0 Å². The van der Waals surface area contributed by atoms with Gasteiger partial charge in [0.1, 0.15) is 0 Å². The summed E-state index contributed by atoms with van der Waals surface area (Å²) in [7, 11) is 1.81. The lowest BCUT2D eigenvalue weighted by Crippen LogP contribution is -2.67. The van der Waals surface area contributed by atoms with Crippen molar-refractivity contribution in [3.05, 3.63) is 0 Å². The number of nitrogens with two attached hydrogens (primary N) is 1. The van der Waals surface area contributed by atoms with Crippen LogP contribution in [0.15, 0.2) is 0 Å². The van der Waals surface area contributed by atoms with Gasteiger partial charge < -0.3 is 10.5 Å². The van der Waals surface area contributed by atoms with Gasteiger partial charge in [-0.05, 0) is 26.7 Å². The molecule has 0 bridgehead atoms. The van der Waals surface area contributed by atoms with Crippen LogP contribution in [0.1, 0.15) is 26.7 Å². The van der Waals surface area contributed by atoms with Crippen LogP contribution in [0.25, 0.3) is 0 Å². The van der Waals surface area contributed by atoms with Crippen molar-refractivity contribution < 1.29 is 4.74 Å². The molecule has 1 heterocycles. The van der Waals surface area contributed by atoms with Gasteiger partial charge in [0.15, 0.2) is 0 Å². The van der Waals surface area contributed by atoms with Gasteiger partial charge in [-0.3, -0.25) is 4.90 Å². The Bertz CT molecular complexity index is 251. The lowest BCUT2D eigenvalue weighted by molar-refractivity contribution is -0.0883. The molecule has 0 spiro atoms. The third kappa shape index (κ3) is 2.26. The van der Waals surface area contributed by atoms with Gasteiger partial charge in [-0.2, -0.15) is 11.8 Å². The van der Waals surface area contributed by atoms with Crippen LogP contribution >= 0.6 is 11.8 Å². The van der Waals surface area contributed by atoms with Crippen molar-refractivity contribution in [3.8, 4) is 0 Å². The van der Waals surface area contributed by atoms with Crippen molar-refractivity contribution in [3.63, 3.8) is 0 Å². The average Bonchev–Trinajstić information content (AvgIpc) is 2.16. The van der Waals surface area contributed by atoms with Gasteiger partial charge in [0.25, 0.3) is 0 Å². The second kappa shape index (κ2) is 4.48. The Kier molecular flexibility index (Phi) is 3.55. The predicted octanol–water partition coefficient (Wildman–Crippen LogP) is 1.32. The molecule has 2 fully saturated rings. The minimum Gasteiger partial charge on any atom is -0.381 e. The first-order chi connectivity index (χ1) is 7.51. The molecule has 1 saturated carbocycles. The highest BCUT2D eigenvalue weighted by Gasteiger charge is 2.49. The van der Waals surface area contributed by atoms with E-state index in [2.05, 4.69) is 30.5 Å². The number of ether oxygens (including phenoxy) is 1. The van der Waals surface area contributed by atoms with E-state index in [4.69, 9.17) is 10.5 Å². The summed E-state index contributed by atoms with van der Waals surface area (Å²) in [6, 6.07) is 0. The SMILES string of the molecule is COC1CC(CN)(N2CCSC(C)(C)C2)C1. The minimum absolute atomic E-state index is 0.235. The van der Waals surface area contributed by atoms with E-state index >= 15 is 0 Å². The first-order valence-corrected chi connectivity index (χ1v) is 7.12. The second-order valence-electron chi connectivity index (χ2n) is 5.72. The Morgan fingerprint density at radius 2 is 2.12 bits per heavy atom. The lowest BCUT2D eigenvalue weighted by atomic mass is 9.72. The number of hydrogen-bond donors (Lipinski definition) is 1. The summed E-state index contributed by atoms with van der Waals surface area (Å²) in [5, 5.41) is 0. The van der Waals surface area contributed by atoms with Crippen LogP contribution in [0.3, 0.4) is 0 Å². The molecule has 0 aromatic carbocycles. The van der Waals surface area contributed by atoms with Crippen LogP contribution in [0.2, 0.25) is 0 Å². The molecule has 0 amide bonds. The highest BCUT2D eigenvalue weighted by atomic mass is 32.2. The van der Waals surface area contributed by atoms with Crippen molar-refractivity contribution in [2.24, 2.45) is 5.73 Å². The van der Waals surface area contributed by atoms with Gasteiger partial charge in [0.2, 0.25) is 0 Å². The Hall–Kier alpha value is 0.230. The molecule has 16 heavy (non-hydrogen) atoms. The van der Waals surface area contributed by atoms with Crippen LogP contribution in [0.4, 0.5) is 0 Å². The minimum atomic E-state index is 0.235. The first-order valence-electron chi connectivity index (χ1n) is 6.13. The largest absolute Gasteiger partial charge is 0.381 e. The molecule has 3 nitrogen and oxygen atoms in total. The summed E-state index contributed by atoms with van der Waals surface area (Å²) in [4.78, 5) is 2.61. The van der Waals surface area contributed by atoms with Gasteiger partial charge in [0.05, 0.1) is 6.10 Å². The third-order valence-electron chi connectivity index (χ3n) is 4.03. The summed E-state index contributed by atoms with van der Waals surface area (Å²) in [5.41, 5.74) is 6.24. The van der Waals surface area contributed by atoms with E-state index in [1.54, 1.807) is 7.11 Å². The Balaban J connectivity index is 2.00. The van der Waals surface area contributed by atoms with Crippen molar-refractivity contribution in [1.82, 2.24) is 4.90 Å². The van der Waals surface area contributed by atoms with E-state index in [0.717, 1.165) is 25.9 Å². The van der Waals surface area contributed by atoms with Crippen LogP contribution in [-0.2, 0) is 4.74 Å². The van der Waals surface area contributed by atoms with Crippen LogP contribution in [0.5, 0.6) is 0 Å². The molecule has 0 aromatic heterocycles. The molecule has 1 aliphatic carbocycles. The Morgan fingerprint density at radius 1 is 1.44 bits per heavy atom. The molecule has 0 unspecified atom stereocenters. The van der Waals surface area contributed by atoms with Crippen LogP contribution in [0, 0.1) is 0 Å². The molecule has 1 aliphatic heterocycles. The second-order valence-corrected chi connectivity index (χ2v) is 7.53. The number of rotatable bonds is 3. The predicted molar refractivity (Wildman–Crippen MR) is 69.9 cm³/mol. The van der Waals surface area contributed by atoms with Gasteiger partial charge in [-0.25, -0.2) is 0 Å². The Labute approximate surface area is 103 Å². The van der Waals surface area contributed by atoms with Crippen LogP contribution in [-0.4, -0.2) is 53.8 Å². The molecular weight excluding hydrogens is 220 g/mol. The molecule has 1 saturated heterocycles. The summed E-state index contributed by atoms with van der Waals surface area (Å²) in [6.45, 7) is 7.78. The number of methoxy groups -OCH3 is 1. The summed E-state index contributed by atoms with van der Waals surface area (Å²) in [6.07, 6.45) is 2.66. The van der Waals surface area contributed by atoms with E-state index in [-0.39, 0.29) is 5.54 Å². The fourth-order valence-electron chi connectivity index (χ4n) is 2.93. The van der Waals surface area contributed by atoms with Crippen molar-refractivity contribution >= 4 is 11.8 Å². The van der Waals surface area contributed by atoms with Crippen LogP contribution < -0.4 is 5.73 Å². The van der Waals surface area contributed by atoms with Crippen molar-refractivity contribution in [1.29, 1.82) is 0 Å². The monoisotopic (exact) mass is 244 g/mol. The maximum absolute atomic E-state index is 6.00. The zero-order chi connectivity index (χ0) is 11.8. The first kappa shape index (κ1) is 12.7. The van der Waals surface area contributed by atoms with E-state index in [1.165, 1.54) is 12.3 Å². The standard InChI is InChI=1S/C12H24N2OS/c1-11(2)9-14(4-5-16-11)12(8-13)6-10(7-12)15-3/h10H,4-9,13H2,1-3H3. The molecule has 2 aliphatic rings. The summed E-state index contributed by atoms with van der Waals surface area (Å²) < 4.78 is 5.77. The molecule has 0 radical (unpaired) electrons. The highest BCUT2D eigenvalue weighted by molar-refractivity contribution is 8.00. The van der Waals surface area contributed by atoms with Crippen molar-refractivity contribution in [2.45, 2.75) is 43.1 Å². The molecule has 4 heteroatoms. The fourth-order valence-corrected chi connectivity index (χ4v) is 4.04.